The number of rotatable bonds is 9. The highest BCUT2D eigenvalue weighted by Gasteiger charge is 2.19. The van der Waals surface area contributed by atoms with Gasteiger partial charge in [-0.3, -0.25) is 0 Å². The van der Waals surface area contributed by atoms with Crippen molar-refractivity contribution in [2.24, 2.45) is 0 Å². The fourth-order valence-corrected chi connectivity index (χ4v) is 1.62. The van der Waals surface area contributed by atoms with Crippen molar-refractivity contribution in [3.8, 4) is 6.01 Å². The van der Waals surface area contributed by atoms with Crippen LogP contribution in [-0.4, -0.2) is 47.4 Å². The highest BCUT2D eigenvalue weighted by Crippen LogP contribution is 2.16. The second kappa shape index (κ2) is 7.84. The first-order chi connectivity index (χ1) is 9.50. The summed E-state index contributed by atoms with van der Waals surface area (Å²) in [5, 5.41) is 6.37. The van der Waals surface area contributed by atoms with E-state index in [1.807, 2.05) is 20.8 Å². The molecule has 0 aliphatic rings. The average Bonchev–Trinajstić information content (AvgIpc) is 2.35. The fraction of sp³-hybridized carbons (Fsp3) is 0.769. The molecule has 1 rings (SSSR count). The number of anilines is 2. The Morgan fingerprint density at radius 3 is 2.40 bits per heavy atom. The van der Waals surface area contributed by atoms with Gasteiger partial charge in [0, 0.05) is 13.7 Å². The van der Waals surface area contributed by atoms with E-state index >= 15 is 0 Å². The van der Waals surface area contributed by atoms with Gasteiger partial charge in [-0.2, -0.15) is 15.0 Å². The molecule has 7 heteroatoms. The third-order valence-electron chi connectivity index (χ3n) is 2.38. The standard InChI is InChI=1S/C13H25N5O2/c1-6-8-14-10-15-11(17-12(16-10)20-7-2)18-13(3,4)9-19-5/h6-9H2,1-5H3,(H2,14,15,16,17,18). The van der Waals surface area contributed by atoms with Gasteiger partial charge in [0.15, 0.2) is 0 Å². The number of hydrogen-bond donors (Lipinski definition) is 2. The lowest BCUT2D eigenvalue weighted by molar-refractivity contribution is 0.157. The normalized spacial score (nSPS) is 11.2. The summed E-state index contributed by atoms with van der Waals surface area (Å²) >= 11 is 0. The smallest absolute Gasteiger partial charge is 0.323 e. The molecule has 0 spiro atoms. The maximum absolute atomic E-state index is 5.37. The number of ether oxygens (including phenoxy) is 2. The van der Waals surface area contributed by atoms with Gasteiger partial charge in [0.2, 0.25) is 11.9 Å². The summed E-state index contributed by atoms with van der Waals surface area (Å²) in [4.78, 5) is 12.8. The molecule has 1 aromatic rings. The van der Waals surface area contributed by atoms with Crippen LogP contribution in [0.25, 0.3) is 0 Å². The fourth-order valence-electron chi connectivity index (χ4n) is 1.62. The van der Waals surface area contributed by atoms with E-state index in [0.29, 0.717) is 31.1 Å². The Hall–Kier alpha value is -1.63. The Balaban J connectivity index is 2.89. The van der Waals surface area contributed by atoms with Crippen LogP contribution in [-0.2, 0) is 4.74 Å². The van der Waals surface area contributed by atoms with Crippen LogP contribution in [0.1, 0.15) is 34.1 Å². The van der Waals surface area contributed by atoms with E-state index in [1.165, 1.54) is 0 Å². The van der Waals surface area contributed by atoms with Crippen LogP contribution in [0.15, 0.2) is 0 Å². The van der Waals surface area contributed by atoms with Crippen LogP contribution in [0, 0.1) is 0 Å². The van der Waals surface area contributed by atoms with E-state index in [0.717, 1.165) is 13.0 Å². The average molecular weight is 283 g/mol. The van der Waals surface area contributed by atoms with Crippen LogP contribution >= 0.6 is 0 Å². The summed E-state index contributed by atoms with van der Waals surface area (Å²) in [6, 6.07) is 0.316. The summed E-state index contributed by atoms with van der Waals surface area (Å²) in [5.41, 5.74) is -0.276. The molecule has 1 heterocycles. The molecule has 20 heavy (non-hydrogen) atoms. The maximum atomic E-state index is 5.37. The zero-order valence-electron chi connectivity index (χ0n) is 13.0. The van der Waals surface area contributed by atoms with Crippen molar-refractivity contribution >= 4 is 11.9 Å². The molecule has 0 aliphatic carbocycles. The largest absolute Gasteiger partial charge is 0.464 e. The van der Waals surface area contributed by atoms with Gasteiger partial charge in [-0.15, -0.1) is 0 Å². The zero-order chi connectivity index (χ0) is 15.0. The van der Waals surface area contributed by atoms with Crippen molar-refractivity contribution < 1.29 is 9.47 Å². The summed E-state index contributed by atoms with van der Waals surface area (Å²) in [6.45, 7) is 9.86. The molecule has 0 aliphatic heterocycles. The van der Waals surface area contributed by atoms with E-state index < -0.39 is 0 Å². The van der Waals surface area contributed by atoms with Gasteiger partial charge in [-0.05, 0) is 27.2 Å². The summed E-state index contributed by atoms with van der Waals surface area (Å²) in [6.07, 6.45) is 0.994. The van der Waals surface area contributed by atoms with Crippen molar-refractivity contribution in [3.63, 3.8) is 0 Å². The highest BCUT2D eigenvalue weighted by atomic mass is 16.5. The van der Waals surface area contributed by atoms with Gasteiger partial charge in [-0.1, -0.05) is 6.92 Å². The highest BCUT2D eigenvalue weighted by molar-refractivity contribution is 5.37. The first kappa shape index (κ1) is 16.4. The number of aromatic nitrogens is 3. The van der Waals surface area contributed by atoms with Gasteiger partial charge in [0.25, 0.3) is 0 Å². The molecule has 0 radical (unpaired) electrons. The van der Waals surface area contributed by atoms with Crippen molar-refractivity contribution in [3.05, 3.63) is 0 Å². The second-order valence-electron chi connectivity index (χ2n) is 5.07. The first-order valence-corrected chi connectivity index (χ1v) is 6.90. The Kier molecular flexibility index (Phi) is 6.44. The van der Waals surface area contributed by atoms with Crippen LogP contribution in [0.5, 0.6) is 6.01 Å². The maximum Gasteiger partial charge on any atom is 0.323 e. The lowest BCUT2D eigenvalue weighted by Crippen LogP contribution is -2.36. The number of hydrogen-bond acceptors (Lipinski definition) is 7. The Labute approximate surface area is 120 Å². The van der Waals surface area contributed by atoms with Crippen molar-refractivity contribution in [1.82, 2.24) is 15.0 Å². The summed E-state index contributed by atoms with van der Waals surface area (Å²) in [5.74, 6) is 0.991. The van der Waals surface area contributed by atoms with E-state index in [-0.39, 0.29) is 5.54 Å². The number of methoxy groups -OCH3 is 1. The quantitative estimate of drug-likeness (QED) is 0.716. The molecule has 7 nitrogen and oxygen atoms in total. The van der Waals surface area contributed by atoms with E-state index in [9.17, 15) is 0 Å². The van der Waals surface area contributed by atoms with Crippen molar-refractivity contribution in [2.75, 3.05) is 37.5 Å². The van der Waals surface area contributed by atoms with Crippen LogP contribution in [0.2, 0.25) is 0 Å². The number of nitrogens with one attached hydrogen (secondary N) is 2. The van der Waals surface area contributed by atoms with Crippen molar-refractivity contribution in [1.29, 1.82) is 0 Å². The molecule has 0 saturated carbocycles. The lowest BCUT2D eigenvalue weighted by atomic mass is 10.1. The molecule has 0 amide bonds. The minimum absolute atomic E-state index is 0.276. The minimum atomic E-state index is -0.276. The van der Waals surface area contributed by atoms with E-state index in [1.54, 1.807) is 7.11 Å². The topological polar surface area (TPSA) is 81.2 Å². The molecular formula is C13H25N5O2. The summed E-state index contributed by atoms with van der Waals surface area (Å²) < 4.78 is 10.5. The Bertz CT molecular complexity index is 412. The monoisotopic (exact) mass is 283 g/mol. The van der Waals surface area contributed by atoms with Crippen LogP contribution in [0.4, 0.5) is 11.9 Å². The SMILES string of the molecule is CCCNc1nc(NC(C)(C)COC)nc(OCC)n1. The Morgan fingerprint density at radius 1 is 1.10 bits per heavy atom. The molecule has 0 fully saturated rings. The molecule has 0 unspecified atom stereocenters. The minimum Gasteiger partial charge on any atom is -0.464 e. The summed E-state index contributed by atoms with van der Waals surface area (Å²) in [7, 11) is 1.66. The molecular weight excluding hydrogens is 258 g/mol. The molecule has 0 bridgehead atoms. The second-order valence-corrected chi connectivity index (χ2v) is 5.07. The van der Waals surface area contributed by atoms with E-state index in [2.05, 4.69) is 32.5 Å². The van der Waals surface area contributed by atoms with Gasteiger partial charge in [0.1, 0.15) is 0 Å². The van der Waals surface area contributed by atoms with Gasteiger partial charge in [0.05, 0.1) is 18.8 Å². The zero-order valence-corrected chi connectivity index (χ0v) is 13.0. The molecule has 0 aromatic carbocycles. The third kappa shape index (κ3) is 5.56. The molecule has 0 atom stereocenters. The molecule has 1 aromatic heterocycles. The molecule has 114 valence electrons. The predicted molar refractivity (Wildman–Crippen MR) is 79.4 cm³/mol. The van der Waals surface area contributed by atoms with Gasteiger partial charge < -0.3 is 20.1 Å². The van der Waals surface area contributed by atoms with E-state index in [4.69, 9.17) is 9.47 Å². The van der Waals surface area contributed by atoms with Gasteiger partial charge >= 0.3 is 6.01 Å². The predicted octanol–water partition coefficient (Wildman–Crippen LogP) is 1.93. The Morgan fingerprint density at radius 2 is 1.80 bits per heavy atom. The molecule has 0 saturated heterocycles. The lowest BCUT2D eigenvalue weighted by Gasteiger charge is -2.25. The van der Waals surface area contributed by atoms with Crippen LogP contribution < -0.4 is 15.4 Å². The number of nitrogens with zero attached hydrogens (tertiary/aromatic N) is 3. The molecule has 2 N–H and O–H groups in total. The van der Waals surface area contributed by atoms with Crippen molar-refractivity contribution in [2.45, 2.75) is 39.7 Å². The van der Waals surface area contributed by atoms with Gasteiger partial charge in [-0.25, -0.2) is 0 Å². The first-order valence-electron chi connectivity index (χ1n) is 6.90. The van der Waals surface area contributed by atoms with Crippen LogP contribution in [0.3, 0.4) is 0 Å². The third-order valence-corrected chi connectivity index (χ3v) is 2.38.